The van der Waals surface area contributed by atoms with Crippen LogP contribution in [-0.2, 0) is 0 Å². The average molecular weight is 248 g/mol. The second-order valence-corrected chi connectivity index (χ2v) is 7.91. The molecule has 2 heteroatoms. The van der Waals surface area contributed by atoms with Gasteiger partial charge in [-0.2, -0.15) is 0 Å². The zero-order chi connectivity index (χ0) is 12.6. The summed E-state index contributed by atoms with van der Waals surface area (Å²) in [6.07, 6.45) is 11.2. The van der Waals surface area contributed by atoms with Crippen LogP contribution in [0.1, 0.15) is 45.4 Å². The zero-order valence-corrected chi connectivity index (χ0v) is 11.2. The van der Waals surface area contributed by atoms with Gasteiger partial charge in [-0.05, 0) is 67.1 Å². The summed E-state index contributed by atoms with van der Waals surface area (Å²) in [5.41, 5.74) is -0.204. The first-order valence-corrected chi connectivity index (χ1v) is 7.51. The average Bonchev–Trinajstić information content (AvgIpc) is 2.26. The van der Waals surface area contributed by atoms with Gasteiger partial charge in [-0.15, -0.1) is 0 Å². The second kappa shape index (κ2) is 3.21. The number of aliphatic hydroxyl groups excluding tert-OH is 1. The smallest absolute Gasteiger partial charge is 0.0693 e. The summed E-state index contributed by atoms with van der Waals surface area (Å²) < 4.78 is 0. The number of fused-ring (bicyclic) bond motifs is 4. The van der Waals surface area contributed by atoms with Crippen LogP contribution < -0.4 is 0 Å². The van der Waals surface area contributed by atoms with E-state index < -0.39 is 5.60 Å². The minimum absolute atomic E-state index is 0.0285. The van der Waals surface area contributed by atoms with Crippen molar-refractivity contribution >= 4 is 0 Å². The van der Waals surface area contributed by atoms with E-state index in [-0.39, 0.29) is 17.4 Å². The van der Waals surface area contributed by atoms with Crippen LogP contribution in [0.5, 0.6) is 0 Å². The molecular formula is C16H24O2. The van der Waals surface area contributed by atoms with Crippen LogP contribution in [0.4, 0.5) is 0 Å². The SMILES string of the molecule is C[C@]12C[C@@H]3C=C[C@H]1C[C@@]1(CO)CC[C@H]1[C@@](O)(C3)C2. The Morgan fingerprint density at radius 1 is 1.22 bits per heavy atom. The molecule has 100 valence electrons. The Morgan fingerprint density at radius 3 is 2.72 bits per heavy atom. The topological polar surface area (TPSA) is 40.5 Å². The molecule has 3 bridgehead atoms. The maximum absolute atomic E-state index is 11.2. The number of hydrogen-bond donors (Lipinski definition) is 2. The first kappa shape index (κ1) is 11.5. The van der Waals surface area contributed by atoms with Crippen molar-refractivity contribution in [3.8, 4) is 0 Å². The van der Waals surface area contributed by atoms with Crippen molar-refractivity contribution < 1.29 is 10.2 Å². The van der Waals surface area contributed by atoms with Crippen LogP contribution in [-0.4, -0.2) is 22.4 Å². The van der Waals surface area contributed by atoms with Crippen LogP contribution in [0.25, 0.3) is 0 Å². The Hall–Kier alpha value is -0.340. The van der Waals surface area contributed by atoms with Crippen molar-refractivity contribution in [2.75, 3.05) is 6.61 Å². The lowest BCUT2D eigenvalue weighted by Gasteiger charge is -2.56. The fourth-order valence-corrected chi connectivity index (χ4v) is 5.96. The van der Waals surface area contributed by atoms with Crippen molar-refractivity contribution in [3.63, 3.8) is 0 Å². The van der Waals surface area contributed by atoms with E-state index in [1.54, 1.807) is 0 Å². The van der Waals surface area contributed by atoms with Gasteiger partial charge in [0.05, 0.1) is 5.60 Å². The van der Waals surface area contributed by atoms with Crippen LogP contribution in [0.2, 0.25) is 0 Å². The molecule has 18 heavy (non-hydrogen) atoms. The van der Waals surface area contributed by atoms with E-state index in [0.29, 0.717) is 17.8 Å². The summed E-state index contributed by atoms with van der Waals surface area (Å²) in [5.74, 6) is 1.49. The summed E-state index contributed by atoms with van der Waals surface area (Å²) in [6.45, 7) is 2.64. The molecule has 6 atom stereocenters. The second-order valence-electron chi connectivity index (χ2n) is 7.91. The van der Waals surface area contributed by atoms with Gasteiger partial charge in [-0.3, -0.25) is 0 Å². The normalized spacial score (nSPS) is 60.9. The predicted octanol–water partition coefficient (Wildman–Crippen LogP) is 2.50. The predicted molar refractivity (Wildman–Crippen MR) is 69.9 cm³/mol. The van der Waals surface area contributed by atoms with Crippen molar-refractivity contribution in [1.82, 2.24) is 0 Å². The van der Waals surface area contributed by atoms with Crippen LogP contribution in [0.15, 0.2) is 12.2 Å². The molecule has 4 aliphatic carbocycles. The van der Waals surface area contributed by atoms with E-state index in [9.17, 15) is 10.2 Å². The van der Waals surface area contributed by atoms with Gasteiger partial charge in [0.1, 0.15) is 0 Å². The number of aliphatic hydroxyl groups is 2. The summed E-state index contributed by atoms with van der Waals surface area (Å²) in [7, 11) is 0. The number of hydrogen-bond acceptors (Lipinski definition) is 2. The molecule has 0 unspecified atom stereocenters. The highest BCUT2D eigenvalue weighted by molar-refractivity contribution is 5.21. The molecule has 0 spiro atoms. The van der Waals surface area contributed by atoms with Crippen LogP contribution in [0, 0.1) is 28.6 Å². The molecule has 0 heterocycles. The Bertz CT molecular complexity index is 413. The van der Waals surface area contributed by atoms with Gasteiger partial charge in [0.15, 0.2) is 0 Å². The lowest BCUT2D eigenvalue weighted by atomic mass is 9.51. The summed E-state index contributed by atoms with van der Waals surface area (Å²) in [6, 6.07) is 0. The molecule has 0 aromatic carbocycles. The molecule has 3 saturated carbocycles. The third-order valence-corrected chi connectivity index (χ3v) is 6.82. The molecule has 0 aliphatic heterocycles. The summed E-state index contributed by atoms with van der Waals surface area (Å²) >= 11 is 0. The molecule has 2 N–H and O–H groups in total. The fourth-order valence-electron chi connectivity index (χ4n) is 5.96. The van der Waals surface area contributed by atoms with Crippen molar-refractivity contribution in [2.24, 2.45) is 28.6 Å². The molecule has 4 rings (SSSR count). The van der Waals surface area contributed by atoms with Gasteiger partial charge in [0, 0.05) is 6.61 Å². The summed E-state index contributed by atoms with van der Waals surface area (Å²) in [5, 5.41) is 21.1. The lowest BCUT2D eigenvalue weighted by molar-refractivity contribution is -0.169. The van der Waals surface area contributed by atoms with Gasteiger partial charge in [0.25, 0.3) is 0 Å². The molecule has 0 radical (unpaired) electrons. The molecule has 2 nitrogen and oxygen atoms in total. The maximum Gasteiger partial charge on any atom is 0.0693 e. The number of allylic oxidation sites excluding steroid dienone is 2. The van der Waals surface area contributed by atoms with Gasteiger partial charge in [-0.1, -0.05) is 19.1 Å². The Labute approximate surface area is 109 Å². The molecular weight excluding hydrogens is 224 g/mol. The molecule has 0 amide bonds. The van der Waals surface area contributed by atoms with Crippen molar-refractivity contribution in [3.05, 3.63) is 12.2 Å². The van der Waals surface area contributed by atoms with Crippen LogP contribution >= 0.6 is 0 Å². The highest BCUT2D eigenvalue weighted by atomic mass is 16.3. The molecule has 0 aromatic heterocycles. The van der Waals surface area contributed by atoms with Crippen molar-refractivity contribution in [2.45, 2.75) is 51.0 Å². The van der Waals surface area contributed by atoms with Gasteiger partial charge in [0.2, 0.25) is 0 Å². The molecule has 0 saturated heterocycles. The van der Waals surface area contributed by atoms with Gasteiger partial charge in [-0.25, -0.2) is 0 Å². The maximum atomic E-state index is 11.2. The summed E-state index contributed by atoms with van der Waals surface area (Å²) in [4.78, 5) is 0. The Balaban J connectivity index is 1.85. The van der Waals surface area contributed by atoms with Crippen molar-refractivity contribution in [1.29, 1.82) is 0 Å². The van der Waals surface area contributed by atoms with Gasteiger partial charge < -0.3 is 10.2 Å². The Morgan fingerprint density at radius 2 is 2.06 bits per heavy atom. The fraction of sp³-hybridized carbons (Fsp3) is 0.875. The quantitative estimate of drug-likeness (QED) is 0.700. The standard InChI is InChI=1S/C16H24O2/c1-14-6-11-2-3-12(14)8-15(10-17)5-4-13(15)16(18,7-11)9-14/h2-3,11-13,17-18H,4-10H2,1H3/t11-,12-,13+,14+,15+,16+/m0/s1. The van der Waals surface area contributed by atoms with Crippen LogP contribution in [0.3, 0.4) is 0 Å². The van der Waals surface area contributed by atoms with E-state index in [0.717, 1.165) is 32.1 Å². The van der Waals surface area contributed by atoms with E-state index in [1.165, 1.54) is 6.42 Å². The molecule has 0 aromatic rings. The Kier molecular flexibility index (Phi) is 2.05. The first-order chi connectivity index (χ1) is 8.50. The first-order valence-electron chi connectivity index (χ1n) is 7.51. The minimum atomic E-state index is -0.502. The zero-order valence-electron chi connectivity index (χ0n) is 11.2. The van der Waals surface area contributed by atoms with E-state index in [2.05, 4.69) is 19.1 Å². The van der Waals surface area contributed by atoms with E-state index >= 15 is 0 Å². The lowest BCUT2D eigenvalue weighted by Crippen LogP contribution is -2.57. The molecule has 4 aliphatic rings. The highest BCUT2D eigenvalue weighted by Crippen LogP contribution is 2.68. The third kappa shape index (κ3) is 1.21. The minimum Gasteiger partial charge on any atom is -0.396 e. The largest absolute Gasteiger partial charge is 0.396 e. The van der Waals surface area contributed by atoms with Gasteiger partial charge >= 0.3 is 0 Å². The number of rotatable bonds is 1. The van der Waals surface area contributed by atoms with E-state index in [1.807, 2.05) is 0 Å². The highest BCUT2D eigenvalue weighted by Gasteiger charge is 2.64. The van der Waals surface area contributed by atoms with E-state index in [4.69, 9.17) is 0 Å². The molecule has 3 fully saturated rings. The third-order valence-electron chi connectivity index (χ3n) is 6.82. The monoisotopic (exact) mass is 248 g/mol.